The van der Waals surface area contributed by atoms with E-state index >= 15 is 0 Å². The van der Waals surface area contributed by atoms with Crippen LogP contribution in [-0.2, 0) is 6.54 Å². The number of alkyl halides is 1. The molecule has 2 rings (SSSR count). The number of hydrogen-bond donors (Lipinski definition) is 1. The minimum Gasteiger partial charge on any atom is -0.310 e. The maximum absolute atomic E-state index is 6.23. The first-order valence-electron chi connectivity index (χ1n) is 6.42. The van der Waals surface area contributed by atoms with Crippen molar-refractivity contribution < 1.29 is 0 Å². The molecule has 0 aliphatic rings. The Morgan fingerprint density at radius 2 is 2.22 bits per heavy atom. The molecule has 3 nitrogen and oxygen atoms in total. The Bertz CT molecular complexity index is 459. The smallest absolute Gasteiger partial charge is 0.137 e. The second kappa shape index (κ2) is 6.21. The molecular weight excluding hydrogens is 246 g/mol. The SMILES string of the molecule is CC(C)CC(Cl)CNCc1cn2ccccc2n1. The summed E-state index contributed by atoms with van der Waals surface area (Å²) >= 11 is 6.23. The minimum atomic E-state index is 0.196. The van der Waals surface area contributed by atoms with E-state index in [1.54, 1.807) is 0 Å². The Labute approximate surface area is 113 Å². The normalized spacial score (nSPS) is 13.3. The van der Waals surface area contributed by atoms with Crippen LogP contribution in [-0.4, -0.2) is 21.3 Å². The van der Waals surface area contributed by atoms with Gasteiger partial charge in [-0.3, -0.25) is 0 Å². The Morgan fingerprint density at radius 1 is 1.39 bits per heavy atom. The summed E-state index contributed by atoms with van der Waals surface area (Å²) in [6.45, 7) is 5.98. The number of nitrogens with zero attached hydrogens (tertiary/aromatic N) is 2. The summed E-state index contributed by atoms with van der Waals surface area (Å²) < 4.78 is 2.03. The van der Waals surface area contributed by atoms with E-state index in [2.05, 4.69) is 24.1 Å². The highest BCUT2D eigenvalue weighted by atomic mass is 35.5. The topological polar surface area (TPSA) is 29.3 Å². The molecule has 0 spiro atoms. The van der Waals surface area contributed by atoms with Crippen LogP contribution in [0.15, 0.2) is 30.6 Å². The number of aromatic nitrogens is 2. The molecule has 0 radical (unpaired) electrons. The van der Waals surface area contributed by atoms with Crippen LogP contribution in [0.25, 0.3) is 5.65 Å². The van der Waals surface area contributed by atoms with Crippen molar-refractivity contribution in [1.82, 2.24) is 14.7 Å². The molecule has 0 bridgehead atoms. The first-order valence-corrected chi connectivity index (χ1v) is 6.86. The molecule has 4 heteroatoms. The molecule has 0 saturated heterocycles. The van der Waals surface area contributed by atoms with Crippen molar-refractivity contribution in [1.29, 1.82) is 0 Å². The van der Waals surface area contributed by atoms with Crippen LogP contribution in [0, 0.1) is 5.92 Å². The number of nitrogens with one attached hydrogen (secondary N) is 1. The van der Waals surface area contributed by atoms with E-state index in [-0.39, 0.29) is 5.38 Å². The number of pyridine rings is 1. The van der Waals surface area contributed by atoms with Gasteiger partial charge in [0.1, 0.15) is 5.65 Å². The van der Waals surface area contributed by atoms with Crippen LogP contribution in [0.4, 0.5) is 0 Å². The van der Waals surface area contributed by atoms with Gasteiger partial charge in [0.2, 0.25) is 0 Å². The largest absolute Gasteiger partial charge is 0.310 e. The monoisotopic (exact) mass is 265 g/mol. The van der Waals surface area contributed by atoms with Crippen molar-refractivity contribution in [3.05, 3.63) is 36.3 Å². The number of hydrogen-bond acceptors (Lipinski definition) is 2. The second-order valence-corrected chi connectivity index (χ2v) is 5.67. The number of rotatable bonds is 6. The fraction of sp³-hybridized carbons (Fsp3) is 0.500. The fourth-order valence-corrected chi connectivity index (χ4v) is 2.49. The highest BCUT2D eigenvalue weighted by molar-refractivity contribution is 6.20. The summed E-state index contributed by atoms with van der Waals surface area (Å²) in [6, 6.07) is 6.01. The predicted molar refractivity (Wildman–Crippen MR) is 76.0 cm³/mol. The molecule has 2 heterocycles. The molecule has 0 saturated carbocycles. The third kappa shape index (κ3) is 3.72. The molecule has 98 valence electrons. The zero-order chi connectivity index (χ0) is 13.0. The maximum Gasteiger partial charge on any atom is 0.137 e. The number of halogens is 1. The molecule has 1 atom stereocenters. The lowest BCUT2D eigenvalue weighted by atomic mass is 10.1. The average molecular weight is 266 g/mol. The highest BCUT2D eigenvalue weighted by Crippen LogP contribution is 2.10. The minimum absolute atomic E-state index is 0.196. The van der Waals surface area contributed by atoms with E-state index in [1.807, 2.05) is 35.0 Å². The van der Waals surface area contributed by atoms with Crippen LogP contribution in [0.5, 0.6) is 0 Å². The number of fused-ring (bicyclic) bond motifs is 1. The van der Waals surface area contributed by atoms with Crippen molar-refractivity contribution in [2.45, 2.75) is 32.2 Å². The average Bonchev–Trinajstić information content (AvgIpc) is 2.70. The van der Waals surface area contributed by atoms with E-state index in [0.717, 1.165) is 30.9 Å². The van der Waals surface area contributed by atoms with Crippen molar-refractivity contribution in [2.75, 3.05) is 6.54 Å². The molecule has 0 fully saturated rings. The van der Waals surface area contributed by atoms with Gasteiger partial charge in [0, 0.05) is 30.9 Å². The van der Waals surface area contributed by atoms with Crippen LogP contribution >= 0.6 is 11.6 Å². The van der Waals surface area contributed by atoms with Gasteiger partial charge in [-0.05, 0) is 24.5 Å². The molecule has 18 heavy (non-hydrogen) atoms. The van der Waals surface area contributed by atoms with Gasteiger partial charge in [0.05, 0.1) is 5.69 Å². The molecule has 0 aliphatic heterocycles. The standard InChI is InChI=1S/C14H20ClN3/c1-11(2)7-12(15)8-16-9-13-10-18-6-4-3-5-14(18)17-13/h3-6,10-12,16H,7-9H2,1-2H3. The van der Waals surface area contributed by atoms with E-state index in [9.17, 15) is 0 Å². The van der Waals surface area contributed by atoms with Crippen molar-refractivity contribution in [2.24, 2.45) is 5.92 Å². The van der Waals surface area contributed by atoms with Crippen LogP contribution in [0.2, 0.25) is 0 Å². The zero-order valence-corrected chi connectivity index (χ0v) is 11.7. The van der Waals surface area contributed by atoms with E-state index < -0.39 is 0 Å². The summed E-state index contributed by atoms with van der Waals surface area (Å²) in [4.78, 5) is 4.53. The predicted octanol–water partition coefficient (Wildman–Crippen LogP) is 3.08. The van der Waals surface area contributed by atoms with E-state index in [1.165, 1.54) is 0 Å². The van der Waals surface area contributed by atoms with E-state index in [4.69, 9.17) is 11.6 Å². The summed E-state index contributed by atoms with van der Waals surface area (Å²) in [5.74, 6) is 0.643. The Hall–Kier alpha value is -1.06. The van der Waals surface area contributed by atoms with Crippen molar-refractivity contribution in [3.63, 3.8) is 0 Å². The molecule has 2 aromatic rings. The molecule has 2 aromatic heterocycles. The van der Waals surface area contributed by atoms with Crippen LogP contribution in [0.1, 0.15) is 26.0 Å². The van der Waals surface area contributed by atoms with Gasteiger partial charge in [-0.15, -0.1) is 11.6 Å². The van der Waals surface area contributed by atoms with Gasteiger partial charge in [-0.25, -0.2) is 4.98 Å². The summed E-state index contributed by atoms with van der Waals surface area (Å²) in [5, 5.41) is 3.56. The maximum atomic E-state index is 6.23. The van der Waals surface area contributed by atoms with Crippen molar-refractivity contribution in [3.8, 4) is 0 Å². The molecule has 1 unspecified atom stereocenters. The van der Waals surface area contributed by atoms with Crippen molar-refractivity contribution >= 4 is 17.2 Å². The van der Waals surface area contributed by atoms with Gasteiger partial charge in [-0.2, -0.15) is 0 Å². The Kier molecular flexibility index (Phi) is 4.61. The zero-order valence-electron chi connectivity index (χ0n) is 10.9. The second-order valence-electron chi connectivity index (χ2n) is 5.06. The molecule has 0 amide bonds. The highest BCUT2D eigenvalue weighted by Gasteiger charge is 2.07. The summed E-state index contributed by atoms with van der Waals surface area (Å²) in [5.41, 5.74) is 2.04. The van der Waals surface area contributed by atoms with Gasteiger partial charge >= 0.3 is 0 Å². The quantitative estimate of drug-likeness (QED) is 0.814. The lowest BCUT2D eigenvalue weighted by Gasteiger charge is -2.12. The van der Waals surface area contributed by atoms with Gasteiger partial charge < -0.3 is 9.72 Å². The van der Waals surface area contributed by atoms with E-state index in [0.29, 0.717) is 5.92 Å². The first-order chi connectivity index (χ1) is 8.65. The first kappa shape index (κ1) is 13.4. The third-order valence-corrected chi connectivity index (χ3v) is 3.15. The summed E-state index contributed by atoms with van der Waals surface area (Å²) in [6.07, 6.45) is 5.10. The number of imidazole rings is 1. The van der Waals surface area contributed by atoms with Crippen LogP contribution < -0.4 is 5.32 Å². The molecule has 0 aromatic carbocycles. The van der Waals surface area contributed by atoms with Gasteiger partial charge in [0.15, 0.2) is 0 Å². The molecule has 0 aliphatic carbocycles. The Balaban J connectivity index is 1.83. The molecular formula is C14H20ClN3. The lowest BCUT2D eigenvalue weighted by molar-refractivity contribution is 0.532. The third-order valence-electron chi connectivity index (χ3n) is 2.81. The molecule has 1 N–H and O–H groups in total. The Morgan fingerprint density at radius 3 is 2.94 bits per heavy atom. The summed E-state index contributed by atoms with van der Waals surface area (Å²) in [7, 11) is 0. The lowest BCUT2D eigenvalue weighted by Crippen LogP contribution is -2.24. The van der Waals surface area contributed by atoms with Gasteiger partial charge in [-0.1, -0.05) is 19.9 Å². The van der Waals surface area contributed by atoms with Gasteiger partial charge in [0.25, 0.3) is 0 Å². The van der Waals surface area contributed by atoms with Crippen LogP contribution in [0.3, 0.4) is 0 Å². The fourth-order valence-electron chi connectivity index (χ4n) is 2.02.